The maximum atomic E-state index is 11.1. The van der Waals surface area contributed by atoms with Crippen LogP contribution < -0.4 is 5.43 Å². The van der Waals surface area contributed by atoms with Crippen molar-refractivity contribution in [2.75, 3.05) is 5.43 Å². The lowest BCUT2D eigenvalue weighted by atomic mass is 10.2. The van der Waals surface area contributed by atoms with Crippen LogP contribution in [0.2, 0.25) is 15.2 Å². The van der Waals surface area contributed by atoms with Gasteiger partial charge in [0.05, 0.1) is 23.5 Å². The Hall–Kier alpha value is -2.33. The highest BCUT2D eigenvalue weighted by atomic mass is 35.5. The van der Waals surface area contributed by atoms with Gasteiger partial charge in [0.25, 0.3) is 0 Å². The minimum atomic E-state index is -1.34. The van der Waals surface area contributed by atoms with Crippen LogP contribution in [-0.4, -0.2) is 22.3 Å². The topological polar surface area (TPSA) is 98.4 Å². The lowest BCUT2D eigenvalue weighted by molar-refractivity contribution is 0.0691. The Morgan fingerprint density at radius 2 is 1.91 bits per heavy atom. The fourth-order valence-electron chi connectivity index (χ4n) is 1.57. The molecule has 0 fully saturated rings. The number of carboxylic acid groups (broad SMARTS) is 1. The van der Waals surface area contributed by atoms with Crippen LogP contribution in [0, 0.1) is 11.3 Å². The minimum absolute atomic E-state index is 0.0376. The van der Waals surface area contributed by atoms with E-state index in [2.05, 4.69) is 15.5 Å². The van der Waals surface area contributed by atoms with E-state index in [9.17, 15) is 4.79 Å². The highest BCUT2D eigenvalue weighted by Gasteiger charge is 2.20. The average molecular weight is 370 g/mol. The number of hydrogen-bond acceptors (Lipinski definition) is 5. The first-order valence-electron chi connectivity index (χ1n) is 6.01. The smallest absolute Gasteiger partial charge is 0.356 e. The van der Waals surface area contributed by atoms with E-state index in [-0.39, 0.29) is 20.9 Å². The molecule has 0 atom stereocenters. The number of hydrazone groups is 1. The second-order valence-corrected chi connectivity index (χ2v) is 5.28. The molecule has 0 aliphatic heterocycles. The van der Waals surface area contributed by atoms with Gasteiger partial charge in [0.2, 0.25) is 0 Å². The van der Waals surface area contributed by atoms with Crippen molar-refractivity contribution in [3.63, 3.8) is 0 Å². The van der Waals surface area contributed by atoms with Crippen molar-refractivity contribution in [3.8, 4) is 6.07 Å². The summed E-state index contributed by atoms with van der Waals surface area (Å²) in [6.07, 6.45) is 1.45. The number of carbonyl (C=O) groups is 1. The third kappa shape index (κ3) is 3.90. The van der Waals surface area contributed by atoms with Crippen LogP contribution >= 0.6 is 34.8 Å². The second-order valence-electron chi connectivity index (χ2n) is 4.16. The largest absolute Gasteiger partial charge is 0.476 e. The van der Waals surface area contributed by atoms with E-state index >= 15 is 0 Å². The molecule has 9 heteroatoms. The van der Waals surface area contributed by atoms with Crippen LogP contribution in [0.5, 0.6) is 0 Å². The van der Waals surface area contributed by atoms with Crippen molar-refractivity contribution in [1.82, 2.24) is 4.98 Å². The van der Waals surface area contributed by atoms with Gasteiger partial charge in [-0.3, -0.25) is 5.43 Å². The van der Waals surface area contributed by atoms with Crippen molar-refractivity contribution in [3.05, 3.63) is 56.3 Å². The molecule has 2 N–H and O–H groups in total. The van der Waals surface area contributed by atoms with Gasteiger partial charge < -0.3 is 5.11 Å². The highest BCUT2D eigenvalue weighted by molar-refractivity contribution is 6.46. The number of nitrogens with zero attached hydrogens (tertiary/aromatic N) is 3. The molecule has 2 rings (SSSR count). The summed E-state index contributed by atoms with van der Waals surface area (Å²) in [4.78, 5) is 14.6. The molecule has 1 aromatic carbocycles. The van der Waals surface area contributed by atoms with E-state index < -0.39 is 11.7 Å². The Morgan fingerprint density at radius 3 is 2.48 bits per heavy atom. The quantitative estimate of drug-likeness (QED) is 0.481. The van der Waals surface area contributed by atoms with Gasteiger partial charge in [-0.05, 0) is 17.7 Å². The fourth-order valence-corrected chi connectivity index (χ4v) is 2.24. The number of aromatic carboxylic acids is 1. The summed E-state index contributed by atoms with van der Waals surface area (Å²) in [5.41, 5.74) is 3.38. The summed E-state index contributed by atoms with van der Waals surface area (Å²) in [5, 5.41) is 21.2. The Morgan fingerprint density at radius 1 is 1.26 bits per heavy atom. The molecule has 23 heavy (non-hydrogen) atoms. The van der Waals surface area contributed by atoms with Gasteiger partial charge in [0, 0.05) is 0 Å². The zero-order valence-electron chi connectivity index (χ0n) is 11.2. The number of anilines is 1. The number of aromatic nitrogens is 1. The molecule has 0 saturated carbocycles. The summed E-state index contributed by atoms with van der Waals surface area (Å²) < 4.78 is 0. The predicted octanol–water partition coefficient (Wildman–Crippen LogP) is 4.06. The van der Waals surface area contributed by atoms with Crippen molar-refractivity contribution in [2.24, 2.45) is 5.10 Å². The van der Waals surface area contributed by atoms with E-state index in [1.807, 2.05) is 6.07 Å². The van der Waals surface area contributed by atoms with Gasteiger partial charge in [-0.1, -0.05) is 46.9 Å². The molecule has 0 aliphatic rings. The minimum Gasteiger partial charge on any atom is -0.476 e. The van der Waals surface area contributed by atoms with Crippen molar-refractivity contribution in [2.45, 2.75) is 0 Å². The van der Waals surface area contributed by atoms with Crippen LogP contribution in [0.25, 0.3) is 0 Å². The van der Waals surface area contributed by atoms with Crippen molar-refractivity contribution < 1.29 is 9.90 Å². The maximum absolute atomic E-state index is 11.1. The summed E-state index contributed by atoms with van der Waals surface area (Å²) in [6.45, 7) is 0. The van der Waals surface area contributed by atoms with Gasteiger partial charge in [0.15, 0.2) is 10.8 Å². The molecule has 0 aliphatic carbocycles. The van der Waals surface area contributed by atoms with E-state index in [1.165, 1.54) is 6.21 Å². The molecular formula is C14H7Cl3N4O2. The summed E-state index contributed by atoms with van der Waals surface area (Å²) in [5.74, 6) is -1.34. The summed E-state index contributed by atoms with van der Waals surface area (Å²) in [7, 11) is 0. The SMILES string of the molecule is N#Cc1ccc(/C=N\Nc2c(Cl)c(Cl)nc(C(=O)O)c2Cl)cc1. The van der Waals surface area contributed by atoms with Gasteiger partial charge in [-0.25, -0.2) is 9.78 Å². The molecule has 0 unspecified atom stereocenters. The zero-order valence-corrected chi connectivity index (χ0v) is 13.5. The molecule has 116 valence electrons. The first-order chi connectivity index (χ1) is 10.9. The summed E-state index contributed by atoms with van der Waals surface area (Å²) >= 11 is 17.7. The summed E-state index contributed by atoms with van der Waals surface area (Å²) in [6, 6.07) is 8.65. The Bertz CT molecular complexity index is 829. The molecule has 0 radical (unpaired) electrons. The number of nitrogens with one attached hydrogen (secondary N) is 1. The van der Waals surface area contributed by atoms with E-state index in [0.717, 1.165) is 0 Å². The van der Waals surface area contributed by atoms with Gasteiger partial charge in [-0.2, -0.15) is 10.4 Å². The molecule has 1 heterocycles. The normalized spacial score (nSPS) is 10.5. The molecule has 2 aromatic rings. The standard InChI is InChI=1S/C14H7Cl3N4O2/c15-9-11(10(16)13(17)20-12(9)14(22)23)21-19-6-8-3-1-7(5-18)2-4-8/h1-4,6H,(H,20,21)(H,22,23)/b19-6-. The monoisotopic (exact) mass is 368 g/mol. The molecule has 6 nitrogen and oxygen atoms in total. The molecule has 0 bridgehead atoms. The molecule has 0 spiro atoms. The molecular weight excluding hydrogens is 363 g/mol. The Labute approximate surface area is 145 Å². The molecule has 0 saturated heterocycles. The van der Waals surface area contributed by atoms with Gasteiger partial charge >= 0.3 is 5.97 Å². The Balaban J connectivity index is 2.27. The third-order valence-electron chi connectivity index (χ3n) is 2.67. The third-order valence-corrected chi connectivity index (χ3v) is 3.78. The number of rotatable bonds is 4. The van der Waals surface area contributed by atoms with Crippen LogP contribution in [0.15, 0.2) is 29.4 Å². The number of pyridine rings is 1. The lowest BCUT2D eigenvalue weighted by Gasteiger charge is -2.09. The maximum Gasteiger partial charge on any atom is 0.356 e. The van der Waals surface area contributed by atoms with Crippen LogP contribution in [-0.2, 0) is 0 Å². The average Bonchev–Trinajstić information content (AvgIpc) is 2.54. The lowest BCUT2D eigenvalue weighted by Crippen LogP contribution is -2.05. The van der Waals surface area contributed by atoms with Crippen LogP contribution in [0.3, 0.4) is 0 Å². The Kier molecular flexibility index (Phi) is 5.40. The van der Waals surface area contributed by atoms with Crippen molar-refractivity contribution in [1.29, 1.82) is 5.26 Å². The number of benzene rings is 1. The first-order valence-corrected chi connectivity index (χ1v) is 7.14. The van der Waals surface area contributed by atoms with Gasteiger partial charge in [-0.15, -0.1) is 0 Å². The highest BCUT2D eigenvalue weighted by Crippen LogP contribution is 2.36. The van der Waals surface area contributed by atoms with Gasteiger partial charge in [0.1, 0.15) is 10.0 Å². The molecule has 1 aromatic heterocycles. The first kappa shape index (κ1) is 17.0. The fraction of sp³-hybridized carbons (Fsp3) is 0. The number of nitriles is 1. The van der Waals surface area contributed by atoms with Crippen LogP contribution in [0.4, 0.5) is 5.69 Å². The van der Waals surface area contributed by atoms with E-state index in [0.29, 0.717) is 11.1 Å². The number of halogens is 3. The second kappa shape index (κ2) is 7.29. The number of hydrogen-bond donors (Lipinski definition) is 2. The zero-order chi connectivity index (χ0) is 17.0. The van der Waals surface area contributed by atoms with Crippen LogP contribution in [0.1, 0.15) is 21.6 Å². The predicted molar refractivity (Wildman–Crippen MR) is 88.6 cm³/mol. The van der Waals surface area contributed by atoms with Crippen molar-refractivity contribution >= 4 is 52.7 Å². The number of carboxylic acids is 1. The molecule has 0 amide bonds. The van der Waals surface area contributed by atoms with E-state index in [4.69, 9.17) is 45.2 Å². The van der Waals surface area contributed by atoms with E-state index in [1.54, 1.807) is 24.3 Å².